The minimum absolute atomic E-state index is 0.708. The Kier molecular flexibility index (Phi) is 5.05. The first-order valence-electron chi connectivity index (χ1n) is 6.87. The van der Waals surface area contributed by atoms with E-state index in [2.05, 4.69) is 18.0 Å². The van der Waals surface area contributed by atoms with Crippen molar-refractivity contribution < 1.29 is 9.47 Å². The van der Waals surface area contributed by atoms with Crippen LogP contribution in [-0.4, -0.2) is 38.8 Å². The third kappa shape index (κ3) is 4.11. The molecule has 4 nitrogen and oxygen atoms in total. The third-order valence-electron chi connectivity index (χ3n) is 3.66. The van der Waals surface area contributed by atoms with Crippen LogP contribution in [0.1, 0.15) is 18.4 Å². The predicted molar refractivity (Wildman–Crippen MR) is 77.3 cm³/mol. The summed E-state index contributed by atoms with van der Waals surface area (Å²) in [5.74, 6) is 1.50. The van der Waals surface area contributed by atoms with E-state index in [-0.39, 0.29) is 0 Å². The number of anilines is 1. The van der Waals surface area contributed by atoms with Gasteiger partial charge in [-0.1, -0.05) is 6.07 Å². The Morgan fingerprint density at radius 2 is 2.11 bits per heavy atom. The zero-order valence-corrected chi connectivity index (χ0v) is 11.9. The second kappa shape index (κ2) is 6.78. The molecule has 19 heavy (non-hydrogen) atoms. The van der Waals surface area contributed by atoms with Crippen molar-refractivity contribution in [1.29, 1.82) is 0 Å². The van der Waals surface area contributed by atoms with Gasteiger partial charge >= 0.3 is 0 Å². The Balaban J connectivity index is 1.87. The highest BCUT2D eigenvalue weighted by Crippen LogP contribution is 2.23. The van der Waals surface area contributed by atoms with Gasteiger partial charge < -0.3 is 20.1 Å². The second-order valence-electron chi connectivity index (χ2n) is 5.33. The van der Waals surface area contributed by atoms with Crippen LogP contribution in [0.4, 0.5) is 5.69 Å². The highest BCUT2D eigenvalue weighted by atomic mass is 16.5. The number of rotatable bonds is 5. The van der Waals surface area contributed by atoms with Gasteiger partial charge in [0.05, 0.1) is 12.8 Å². The number of hydrogen-bond donors (Lipinski definition) is 1. The van der Waals surface area contributed by atoms with Crippen LogP contribution in [0.3, 0.4) is 0 Å². The van der Waals surface area contributed by atoms with E-state index in [4.69, 9.17) is 15.2 Å². The van der Waals surface area contributed by atoms with E-state index in [0.717, 1.165) is 38.0 Å². The highest BCUT2D eigenvalue weighted by Gasteiger charge is 2.15. The quantitative estimate of drug-likeness (QED) is 0.828. The largest absolute Gasteiger partial charge is 0.495 e. The maximum absolute atomic E-state index is 5.93. The fraction of sp³-hybridized carbons (Fsp3) is 0.600. The van der Waals surface area contributed by atoms with Gasteiger partial charge in [-0.25, -0.2) is 0 Å². The van der Waals surface area contributed by atoms with Crippen molar-refractivity contribution in [3.05, 3.63) is 23.8 Å². The Bertz CT molecular complexity index is 403. The van der Waals surface area contributed by atoms with E-state index in [1.807, 2.05) is 12.1 Å². The van der Waals surface area contributed by atoms with Crippen molar-refractivity contribution in [2.45, 2.75) is 19.4 Å². The topological polar surface area (TPSA) is 47.7 Å². The molecule has 1 aliphatic rings. The minimum atomic E-state index is 0.708. The van der Waals surface area contributed by atoms with Crippen LogP contribution in [-0.2, 0) is 11.3 Å². The van der Waals surface area contributed by atoms with E-state index < -0.39 is 0 Å². The molecule has 106 valence electrons. The molecule has 0 aromatic heterocycles. The summed E-state index contributed by atoms with van der Waals surface area (Å²) in [5, 5.41) is 0. The van der Waals surface area contributed by atoms with Gasteiger partial charge in [0.1, 0.15) is 5.75 Å². The van der Waals surface area contributed by atoms with Gasteiger partial charge in [0.2, 0.25) is 0 Å². The van der Waals surface area contributed by atoms with Crippen LogP contribution in [0.5, 0.6) is 5.75 Å². The predicted octanol–water partition coefficient (Wildman–Crippen LogP) is 2.14. The summed E-state index contributed by atoms with van der Waals surface area (Å²) >= 11 is 0. The molecule has 2 N–H and O–H groups in total. The summed E-state index contributed by atoms with van der Waals surface area (Å²) in [4.78, 5) is 2.36. The van der Waals surface area contributed by atoms with Crippen LogP contribution in [0.15, 0.2) is 18.2 Å². The number of ether oxygens (including phenoxy) is 2. The summed E-state index contributed by atoms with van der Waals surface area (Å²) in [6.07, 6.45) is 2.35. The van der Waals surface area contributed by atoms with Gasteiger partial charge in [-0.15, -0.1) is 0 Å². The summed E-state index contributed by atoms with van der Waals surface area (Å²) in [5.41, 5.74) is 7.87. The number of hydrogen-bond acceptors (Lipinski definition) is 4. The molecule has 1 fully saturated rings. The van der Waals surface area contributed by atoms with Crippen LogP contribution < -0.4 is 10.5 Å². The molecule has 1 aromatic carbocycles. The van der Waals surface area contributed by atoms with Gasteiger partial charge in [-0.3, -0.25) is 0 Å². The second-order valence-corrected chi connectivity index (χ2v) is 5.33. The summed E-state index contributed by atoms with van der Waals surface area (Å²) in [6, 6.07) is 6.02. The summed E-state index contributed by atoms with van der Waals surface area (Å²) in [6.45, 7) is 3.86. The minimum Gasteiger partial charge on any atom is -0.495 e. The van der Waals surface area contributed by atoms with E-state index in [0.29, 0.717) is 5.69 Å². The Hall–Kier alpha value is -1.26. The van der Waals surface area contributed by atoms with Crippen LogP contribution >= 0.6 is 0 Å². The molecule has 1 heterocycles. The zero-order chi connectivity index (χ0) is 13.7. The first-order chi connectivity index (χ1) is 9.19. The number of nitrogen functional groups attached to an aromatic ring is 1. The first-order valence-corrected chi connectivity index (χ1v) is 6.87. The molecule has 0 spiro atoms. The van der Waals surface area contributed by atoms with Crippen molar-refractivity contribution in [2.24, 2.45) is 5.92 Å². The van der Waals surface area contributed by atoms with E-state index >= 15 is 0 Å². The lowest BCUT2D eigenvalue weighted by molar-refractivity contribution is 0.0549. The zero-order valence-electron chi connectivity index (χ0n) is 11.9. The van der Waals surface area contributed by atoms with Crippen molar-refractivity contribution >= 4 is 5.69 Å². The molecule has 0 atom stereocenters. The number of nitrogens with zero attached hydrogens (tertiary/aromatic N) is 1. The fourth-order valence-electron chi connectivity index (χ4n) is 2.63. The van der Waals surface area contributed by atoms with Crippen molar-refractivity contribution in [3.8, 4) is 5.75 Å². The molecule has 0 amide bonds. The first kappa shape index (κ1) is 14.2. The lowest BCUT2D eigenvalue weighted by Crippen LogP contribution is -2.29. The van der Waals surface area contributed by atoms with Gasteiger partial charge in [-0.05, 0) is 43.5 Å². The molecule has 2 rings (SSSR count). The molecule has 0 aliphatic carbocycles. The van der Waals surface area contributed by atoms with Gasteiger partial charge in [-0.2, -0.15) is 0 Å². The van der Waals surface area contributed by atoms with Crippen molar-refractivity contribution in [1.82, 2.24) is 4.90 Å². The monoisotopic (exact) mass is 264 g/mol. The van der Waals surface area contributed by atoms with Gasteiger partial charge in [0.15, 0.2) is 0 Å². The highest BCUT2D eigenvalue weighted by molar-refractivity contribution is 5.54. The number of methoxy groups -OCH3 is 1. The number of nitrogens with two attached hydrogens (primary N) is 1. The van der Waals surface area contributed by atoms with Crippen LogP contribution in [0.25, 0.3) is 0 Å². The lowest BCUT2D eigenvalue weighted by Gasteiger charge is -2.27. The Morgan fingerprint density at radius 3 is 2.74 bits per heavy atom. The van der Waals surface area contributed by atoms with Crippen molar-refractivity contribution in [2.75, 3.05) is 39.6 Å². The molecular weight excluding hydrogens is 240 g/mol. The maximum Gasteiger partial charge on any atom is 0.141 e. The molecule has 0 saturated carbocycles. The number of benzene rings is 1. The molecule has 0 unspecified atom stereocenters. The average Bonchev–Trinajstić information content (AvgIpc) is 2.40. The molecule has 4 heteroatoms. The molecule has 0 bridgehead atoms. The third-order valence-corrected chi connectivity index (χ3v) is 3.66. The molecule has 0 radical (unpaired) electrons. The standard InChI is InChI=1S/C15H24N2O2/c1-17(10-12-5-7-19-8-6-12)11-13-3-4-15(18-2)14(16)9-13/h3-4,9,12H,5-8,10-11,16H2,1-2H3. The summed E-state index contributed by atoms with van der Waals surface area (Å²) < 4.78 is 10.6. The van der Waals surface area contributed by atoms with Crippen molar-refractivity contribution in [3.63, 3.8) is 0 Å². The normalized spacial score (nSPS) is 16.8. The van der Waals surface area contributed by atoms with E-state index in [9.17, 15) is 0 Å². The van der Waals surface area contributed by atoms with Gasteiger partial charge in [0.25, 0.3) is 0 Å². The molecule has 1 aliphatic heterocycles. The van der Waals surface area contributed by atoms with E-state index in [1.165, 1.54) is 18.4 Å². The van der Waals surface area contributed by atoms with E-state index in [1.54, 1.807) is 7.11 Å². The summed E-state index contributed by atoms with van der Waals surface area (Å²) in [7, 11) is 3.80. The average molecular weight is 264 g/mol. The Labute approximate surface area is 115 Å². The van der Waals surface area contributed by atoms with Gasteiger partial charge in [0, 0.05) is 26.3 Å². The SMILES string of the molecule is COc1ccc(CN(C)CC2CCOCC2)cc1N. The van der Waals surface area contributed by atoms with Crippen LogP contribution in [0, 0.1) is 5.92 Å². The molecular formula is C15H24N2O2. The Morgan fingerprint density at radius 1 is 1.37 bits per heavy atom. The van der Waals surface area contributed by atoms with Crippen LogP contribution in [0.2, 0.25) is 0 Å². The maximum atomic E-state index is 5.93. The fourth-order valence-corrected chi connectivity index (χ4v) is 2.63. The lowest BCUT2D eigenvalue weighted by atomic mass is 9.99. The smallest absolute Gasteiger partial charge is 0.141 e. The molecule has 1 saturated heterocycles. The molecule has 1 aromatic rings.